The molecule has 0 aliphatic carbocycles. The largest absolute Gasteiger partial charge is 0.489 e. The first-order chi connectivity index (χ1) is 12.6. The van der Waals surface area contributed by atoms with Gasteiger partial charge in [0.25, 0.3) is 0 Å². The Bertz CT molecular complexity index is 793. The minimum absolute atomic E-state index is 0.342. The molecule has 0 spiro atoms. The van der Waals surface area contributed by atoms with Crippen molar-refractivity contribution in [3.05, 3.63) is 64.7 Å². The van der Waals surface area contributed by atoms with Crippen LogP contribution in [0.15, 0.2) is 53.6 Å². The van der Waals surface area contributed by atoms with Crippen molar-refractivity contribution in [3.8, 4) is 5.75 Å². The summed E-state index contributed by atoms with van der Waals surface area (Å²) in [4.78, 5) is 22.9. The maximum Gasteiger partial charge on any atom is 0.329 e. The van der Waals surface area contributed by atoms with Crippen LogP contribution in [0.5, 0.6) is 5.75 Å². The average molecular weight is 374 g/mol. The maximum absolute atomic E-state index is 11.5. The Morgan fingerprint density at radius 2 is 1.96 bits per heavy atom. The van der Waals surface area contributed by atoms with E-state index in [4.69, 9.17) is 16.3 Å². The molecular weight excluding hydrogens is 354 g/mol. The highest BCUT2D eigenvalue weighted by Crippen LogP contribution is 2.19. The number of hydrogen-bond acceptors (Lipinski definition) is 4. The Labute approximate surface area is 157 Å². The smallest absolute Gasteiger partial charge is 0.329 e. The number of rotatable bonds is 7. The van der Waals surface area contributed by atoms with Gasteiger partial charge in [-0.05, 0) is 30.2 Å². The van der Waals surface area contributed by atoms with Crippen molar-refractivity contribution in [2.75, 3.05) is 6.54 Å². The zero-order valence-electron chi connectivity index (χ0n) is 14.4. The summed E-state index contributed by atoms with van der Waals surface area (Å²) in [7, 11) is 0. The first kappa shape index (κ1) is 19.5. The zero-order valence-corrected chi connectivity index (χ0v) is 15.1. The Morgan fingerprint density at radius 3 is 2.73 bits per heavy atom. The molecule has 2 N–H and O–H groups in total. The molecule has 0 radical (unpaired) electrons. The van der Waals surface area contributed by atoms with Crippen LogP contribution in [0.4, 0.5) is 0 Å². The van der Waals surface area contributed by atoms with E-state index in [9.17, 15) is 9.59 Å². The lowest BCUT2D eigenvalue weighted by molar-refractivity contribution is -0.139. The van der Waals surface area contributed by atoms with E-state index in [2.05, 4.69) is 15.8 Å². The van der Waals surface area contributed by atoms with E-state index in [0.29, 0.717) is 23.9 Å². The molecular formula is C19H20ClN3O3. The molecule has 0 bridgehead atoms. The maximum atomic E-state index is 11.5. The second-order valence-electron chi connectivity index (χ2n) is 5.41. The van der Waals surface area contributed by atoms with Gasteiger partial charge in [-0.2, -0.15) is 5.10 Å². The zero-order chi connectivity index (χ0) is 18.8. The predicted molar refractivity (Wildman–Crippen MR) is 101 cm³/mol. The van der Waals surface area contributed by atoms with Gasteiger partial charge in [-0.1, -0.05) is 48.9 Å². The molecule has 136 valence electrons. The number of amides is 2. The Kier molecular flexibility index (Phi) is 7.64. The van der Waals surface area contributed by atoms with E-state index in [1.165, 1.54) is 6.21 Å². The molecule has 0 heterocycles. The van der Waals surface area contributed by atoms with E-state index in [0.717, 1.165) is 17.5 Å². The number of nitrogens with zero attached hydrogens (tertiary/aromatic N) is 1. The molecule has 2 aromatic carbocycles. The molecule has 0 aromatic heterocycles. The summed E-state index contributed by atoms with van der Waals surface area (Å²) in [6.45, 7) is 2.69. The molecule has 0 saturated carbocycles. The summed E-state index contributed by atoms with van der Waals surface area (Å²) in [6, 6.07) is 14.6. The average Bonchev–Trinajstić information content (AvgIpc) is 2.65. The monoisotopic (exact) mass is 373 g/mol. The highest BCUT2D eigenvalue weighted by Gasteiger charge is 2.10. The summed E-state index contributed by atoms with van der Waals surface area (Å²) in [5.41, 5.74) is 3.79. The molecule has 6 nitrogen and oxygen atoms in total. The van der Waals surface area contributed by atoms with Crippen molar-refractivity contribution in [3.63, 3.8) is 0 Å². The fourth-order valence-corrected chi connectivity index (χ4v) is 2.19. The van der Waals surface area contributed by atoms with Gasteiger partial charge < -0.3 is 10.1 Å². The van der Waals surface area contributed by atoms with Crippen LogP contribution in [0.3, 0.4) is 0 Å². The van der Waals surface area contributed by atoms with E-state index in [1.54, 1.807) is 18.2 Å². The molecule has 2 amide bonds. The third-order valence-corrected chi connectivity index (χ3v) is 3.70. The lowest BCUT2D eigenvalue weighted by Gasteiger charge is -2.08. The number of nitrogens with one attached hydrogen (secondary N) is 2. The van der Waals surface area contributed by atoms with Gasteiger partial charge in [-0.3, -0.25) is 9.59 Å². The van der Waals surface area contributed by atoms with Crippen LogP contribution >= 0.6 is 11.6 Å². The molecule has 2 aromatic rings. The Balaban J connectivity index is 1.89. The van der Waals surface area contributed by atoms with Crippen molar-refractivity contribution >= 4 is 29.6 Å². The van der Waals surface area contributed by atoms with Crippen LogP contribution in [-0.4, -0.2) is 24.6 Å². The molecule has 26 heavy (non-hydrogen) atoms. The topological polar surface area (TPSA) is 79.8 Å². The normalized spacial score (nSPS) is 10.5. The summed E-state index contributed by atoms with van der Waals surface area (Å²) in [5.74, 6) is -0.873. The van der Waals surface area contributed by atoms with E-state index >= 15 is 0 Å². The van der Waals surface area contributed by atoms with Gasteiger partial charge in [-0.15, -0.1) is 0 Å². The quantitative estimate of drug-likeness (QED) is 0.445. The lowest BCUT2D eigenvalue weighted by Crippen LogP contribution is -2.38. The highest BCUT2D eigenvalue weighted by molar-refractivity contribution is 6.35. The van der Waals surface area contributed by atoms with Gasteiger partial charge in [-0.25, -0.2) is 5.43 Å². The SMILES string of the molecule is CCCNC(=O)C(=O)N/N=C\c1cccc(OCc2ccccc2Cl)c1. The van der Waals surface area contributed by atoms with Crippen LogP contribution < -0.4 is 15.5 Å². The van der Waals surface area contributed by atoms with Gasteiger partial charge in [0, 0.05) is 17.1 Å². The van der Waals surface area contributed by atoms with E-state index < -0.39 is 11.8 Å². The molecule has 0 aliphatic rings. The molecule has 2 rings (SSSR count). The first-order valence-electron chi connectivity index (χ1n) is 8.17. The second kappa shape index (κ2) is 10.2. The minimum Gasteiger partial charge on any atom is -0.489 e. The van der Waals surface area contributed by atoms with Gasteiger partial charge in [0.2, 0.25) is 0 Å². The summed E-state index contributed by atoms with van der Waals surface area (Å²) < 4.78 is 5.73. The van der Waals surface area contributed by atoms with Crippen molar-refractivity contribution in [1.82, 2.24) is 10.7 Å². The molecule has 0 atom stereocenters. The molecule has 7 heteroatoms. The van der Waals surface area contributed by atoms with Crippen LogP contribution in [0.1, 0.15) is 24.5 Å². The summed E-state index contributed by atoms with van der Waals surface area (Å²) >= 11 is 6.10. The van der Waals surface area contributed by atoms with Crippen LogP contribution in [0, 0.1) is 0 Å². The highest BCUT2D eigenvalue weighted by atomic mass is 35.5. The van der Waals surface area contributed by atoms with Crippen molar-refractivity contribution in [1.29, 1.82) is 0 Å². The van der Waals surface area contributed by atoms with E-state index in [-0.39, 0.29) is 0 Å². The lowest BCUT2D eigenvalue weighted by atomic mass is 10.2. The number of carbonyl (C=O) groups is 2. The Hall–Kier alpha value is -2.86. The fourth-order valence-electron chi connectivity index (χ4n) is 2.00. The number of benzene rings is 2. The van der Waals surface area contributed by atoms with Crippen LogP contribution in [-0.2, 0) is 16.2 Å². The minimum atomic E-state index is -0.805. The number of ether oxygens (including phenoxy) is 1. The standard InChI is InChI=1S/C19H20ClN3O3/c1-2-10-21-18(24)19(25)23-22-12-14-6-5-8-16(11-14)26-13-15-7-3-4-9-17(15)20/h3-9,11-12H,2,10,13H2,1H3,(H,21,24)(H,23,25)/b22-12-. The van der Waals surface area contributed by atoms with E-state index in [1.807, 2.05) is 37.3 Å². The molecule has 0 aliphatic heterocycles. The summed E-state index contributed by atoms with van der Waals surface area (Å²) in [5, 5.41) is 6.90. The number of hydrogen-bond donors (Lipinski definition) is 2. The number of hydrazone groups is 1. The van der Waals surface area contributed by atoms with Crippen LogP contribution in [0.2, 0.25) is 5.02 Å². The third kappa shape index (κ3) is 6.22. The summed E-state index contributed by atoms with van der Waals surface area (Å²) in [6.07, 6.45) is 2.19. The first-order valence-corrected chi connectivity index (χ1v) is 8.55. The third-order valence-electron chi connectivity index (χ3n) is 3.33. The Morgan fingerprint density at radius 1 is 1.15 bits per heavy atom. The molecule has 0 fully saturated rings. The predicted octanol–water partition coefficient (Wildman–Crippen LogP) is 2.90. The second-order valence-corrected chi connectivity index (χ2v) is 5.81. The van der Waals surface area contributed by atoms with Gasteiger partial charge in [0.1, 0.15) is 12.4 Å². The number of carbonyl (C=O) groups excluding carboxylic acids is 2. The van der Waals surface area contributed by atoms with Crippen LogP contribution in [0.25, 0.3) is 0 Å². The van der Waals surface area contributed by atoms with Gasteiger partial charge >= 0.3 is 11.8 Å². The number of halogens is 1. The molecule has 0 unspecified atom stereocenters. The van der Waals surface area contributed by atoms with Gasteiger partial charge in [0.05, 0.1) is 6.21 Å². The van der Waals surface area contributed by atoms with Crippen molar-refractivity contribution in [2.45, 2.75) is 20.0 Å². The van der Waals surface area contributed by atoms with Gasteiger partial charge in [0.15, 0.2) is 0 Å². The van der Waals surface area contributed by atoms with Crippen molar-refractivity contribution in [2.24, 2.45) is 5.10 Å². The van der Waals surface area contributed by atoms with Crippen molar-refractivity contribution < 1.29 is 14.3 Å². The fraction of sp³-hybridized carbons (Fsp3) is 0.211. The molecule has 0 saturated heterocycles.